The van der Waals surface area contributed by atoms with Crippen molar-refractivity contribution in [2.45, 2.75) is 39.3 Å². The molecule has 5 heteroatoms. The van der Waals surface area contributed by atoms with Gasteiger partial charge in [-0.15, -0.1) is 11.3 Å². The minimum Gasteiger partial charge on any atom is -0.496 e. The Hall–Kier alpha value is -1.33. The molecule has 0 aliphatic heterocycles. The first-order valence-electron chi connectivity index (χ1n) is 7.17. The third kappa shape index (κ3) is 3.41. The molecule has 0 aromatic carbocycles. The molecule has 0 fully saturated rings. The monoisotopic (exact) mass is 293 g/mol. The fourth-order valence-electron chi connectivity index (χ4n) is 2.22. The van der Waals surface area contributed by atoms with Crippen molar-refractivity contribution in [3.8, 4) is 5.75 Å². The predicted octanol–water partition coefficient (Wildman–Crippen LogP) is 3.45. The highest BCUT2D eigenvalue weighted by molar-refractivity contribution is 7.10. The molecule has 1 N–H and O–H groups in total. The van der Waals surface area contributed by atoms with Crippen LogP contribution in [0.1, 0.15) is 43.3 Å². The van der Waals surface area contributed by atoms with Crippen molar-refractivity contribution in [1.29, 1.82) is 0 Å². The molecule has 0 aliphatic carbocycles. The summed E-state index contributed by atoms with van der Waals surface area (Å²) in [5.74, 6) is 0.926. The highest BCUT2D eigenvalue weighted by Gasteiger charge is 2.19. The van der Waals surface area contributed by atoms with E-state index in [9.17, 15) is 0 Å². The Morgan fingerprint density at radius 1 is 1.40 bits per heavy atom. The lowest BCUT2D eigenvalue weighted by molar-refractivity contribution is 0.416. The maximum atomic E-state index is 5.30. The van der Waals surface area contributed by atoms with Gasteiger partial charge in [0.2, 0.25) is 0 Å². The van der Waals surface area contributed by atoms with Crippen LogP contribution in [0.5, 0.6) is 5.75 Å². The zero-order chi connectivity index (χ0) is 14.4. The smallest absolute Gasteiger partial charge is 0.129 e. The number of nitrogens with zero attached hydrogens (tertiary/aromatic N) is 2. The van der Waals surface area contributed by atoms with Crippen molar-refractivity contribution in [3.63, 3.8) is 0 Å². The quantitative estimate of drug-likeness (QED) is 0.810. The van der Waals surface area contributed by atoms with E-state index in [1.807, 2.05) is 6.20 Å². The summed E-state index contributed by atoms with van der Waals surface area (Å²) >= 11 is 1.73. The van der Waals surface area contributed by atoms with E-state index in [4.69, 9.17) is 4.74 Å². The second-order valence-corrected chi connectivity index (χ2v) is 5.70. The highest BCUT2D eigenvalue weighted by Crippen LogP contribution is 2.31. The Kier molecular flexibility index (Phi) is 5.61. The van der Waals surface area contributed by atoms with E-state index in [1.54, 1.807) is 18.4 Å². The minimum atomic E-state index is 0.192. The van der Waals surface area contributed by atoms with Crippen LogP contribution in [-0.4, -0.2) is 23.4 Å². The van der Waals surface area contributed by atoms with E-state index in [-0.39, 0.29) is 6.04 Å². The Bertz CT molecular complexity index is 521. The van der Waals surface area contributed by atoms with Gasteiger partial charge in [0, 0.05) is 23.0 Å². The SMILES string of the molecule is CCCNC(c1cc(OC)cs1)c1ccnn1CCC. The molecule has 4 nitrogen and oxygen atoms in total. The Labute approximate surface area is 124 Å². The predicted molar refractivity (Wildman–Crippen MR) is 83.5 cm³/mol. The molecule has 2 rings (SSSR count). The summed E-state index contributed by atoms with van der Waals surface area (Å²) in [4.78, 5) is 1.27. The summed E-state index contributed by atoms with van der Waals surface area (Å²) < 4.78 is 7.40. The van der Waals surface area contributed by atoms with E-state index >= 15 is 0 Å². The van der Waals surface area contributed by atoms with Gasteiger partial charge in [-0.1, -0.05) is 13.8 Å². The number of hydrogen-bond acceptors (Lipinski definition) is 4. The zero-order valence-corrected chi connectivity index (χ0v) is 13.2. The maximum absolute atomic E-state index is 5.30. The Morgan fingerprint density at radius 3 is 2.90 bits per heavy atom. The number of aryl methyl sites for hydroxylation is 1. The first kappa shape index (κ1) is 15.1. The molecule has 110 valence electrons. The average Bonchev–Trinajstić information content (AvgIpc) is 3.10. The van der Waals surface area contributed by atoms with Crippen molar-refractivity contribution in [1.82, 2.24) is 15.1 Å². The van der Waals surface area contributed by atoms with Crippen LogP contribution in [0.2, 0.25) is 0 Å². The molecule has 0 amide bonds. The maximum Gasteiger partial charge on any atom is 0.129 e. The minimum absolute atomic E-state index is 0.192. The van der Waals surface area contributed by atoms with Crippen LogP contribution in [0.15, 0.2) is 23.7 Å². The van der Waals surface area contributed by atoms with E-state index in [1.165, 1.54) is 10.6 Å². The molecule has 0 bridgehead atoms. The molecule has 0 saturated heterocycles. The van der Waals surface area contributed by atoms with Crippen LogP contribution in [0.3, 0.4) is 0 Å². The van der Waals surface area contributed by atoms with E-state index < -0.39 is 0 Å². The van der Waals surface area contributed by atoms with Gasteiger partial charge in [-0.25, -0.2) is 0 Å². The summed E-state index contributed by atoms with van der Waals surface area (Å²) in [6.07, 6.45) is 4.08. The lowest BCUT2D eigenvalue weighted by Gasteiger charge is -2.18. The van der Waals surface area contributed by atoms with Gasteiger partial charge in [-0.2, -0.15) is 5.10 Å². The summed E-state index contributed by atoms with van der Waals surface area (Å²) in [5, 5.41) is 10.1. The van der Waals surface area contributed by atoms with Gasteiger partial charge < -0.3 is 10.1 Å². The van der Waals surface area contributed by atoms with Crippen LogP contribution < -0.4 is 10.1 Å². The molecule has 0 saturated carbocycles. The van der Waals surface area contributed by atoms with Gasteiger partial charge in [0.1, 0.15) is 5.75 Å². The molecule has 1 atom stereocenters. The average molecular weight is 293 g/mol. The third-order valence-corrected chi connectivity index (χ3v) is 4.17. The fraction of sp³-hybridized carbons (Fsp3) is 0.533. The summed E-state index contributed by atoms with van der Waals surface area (Å²) in [7, 11) is 1.71. The number of nitrogens with one attached hydrogen (secondary N) is 1. The zero-order valence-electron chi connectivity index (χ0n) is 12.4. The summed E-state index contributed by atoms with van der Waals surface area (Å²) in [6.45, 7) is 6.30. The van der Waals surface area contributed by atoms with Crippen molar-refractivity contribution in [2.24, 2.45) is 0 Å². The normalized spacial score (nSPS) is 12.6. The second kappa shape index (κ2) is 7.45. The van der Waals surface area contributed by atoms with Crippen molar-refractivity contribution in [3.05, 3.63) is 34.3 Å². The number of methoxy groups -OCH3 is 1. The van der Waals surface area contributed by atoms with E-state index in [0.29, 0.717) is 0 Å². The second-order valence-electron chi connectivity index (χ2n) is 4.76. The molecular weight excluding hydrogens is 270 g/mol. The van der Waals surface area contributed by atoms with Crippen molar-refractivity contribution >= 4 is 11.3 Å². The molecule has 20 heavy (non-hydrogen) atoms. The Morgan fingerprint density at radius 2 is 2.25 bits per heavy atom. The third-order valence-electron chi connectivity index (χ3n) is 3.19. The van der Waals surface area contributed by atoms with Gasteiger partial charge in [-0.3, -0.25) is 4.68 Å². The molecule has 1 unspecified atom stereocenters. The summed E-state index contributed by atoms with van der Waals surface area (Å²) in [5.41, 5.74) is 1.23. The van der Waals surface area contributed by atoms with Crippen LogP contribution in [0.25, 0.3) is 0 Å². The van der Waals surface area contributed by atoms with Gasteiger partial charge >= 0.3 is 0 Å². The molecule has 0 spiro atoms. The number of rotatable bonds is 8. The van der Waals surface area contributed by atoms with Crippen molar-refractivity contribution < 1.29 is 4.74 Å². The molecule has 0 aliphatic rings. The lowest BCUT2D eigenvalue weighted by Crippen LogP contribution is -2.25. The Balaban J connectivity index is 2.28. The first-order chi connectivity index (χ1) is 9.80. The van der Waals surface area contributed by atoms with E-state index in [2.05, 4.69) is 46.5 Å². The molecule has 2 aromatic heterocycles. The molecular formula is C15H23N3OS. The van der Waals surface area contributed by atoms with Crippen LogP contribution >= 0.6 is 11.3 Å². The highest BCUT2D eigenvalue weighted by atomic mass is 32.1. The number of aromatic nitrogens is 2. The largest absolute Gasteiger partial charge is 0.496 e. The first-order valence-corrected chi connectivity index (χ1v) is 8.05. The van der Waals surface area contributed by atoms with Gasteiger partial charge in [0.05, 0.1) is 18.8 Å². The van der Waals surface area contributed by atoms with Crippen LogP contribution in [0, 0.1) is 0 Å². The summed E-state index contributed by atoms with van der Waals surface area (Å²) in [6, 6.07) is 4.41. The van der Waals surface area contributed by atoms with E-state index in [0.717, 1.165) is 31.7 Å². The van der Waals surface area contributed by atoms with Gasteiger partial charge in [-0.05, 0) is 31.5 Å². The number of thiophene rings is 1. The standard InChI is InChI=1S/C15H23N3OS/c1-4-7-16-15(14-10-12(19-3)11-20-14)13-6-8-17-18(13)9-5-2/h6,8,10-11,15-16H,4-5,7,9H2,1-3H3. The molecule has 0 radical (unpaired) electrons. The lowest BCUT2D eigenvalue weighted by atomic mass is 10.1. The molecule has 2 heterocycles. The van der Waals surface area contributed by atoms with Gasteiger partial charge in [0.25, 0.3) is 0 Å². The number of hydrogen-bond donors (Lipinski definition) is 1. The van der Waals surface area contributed by atoms with Gasteiger partial charge in [0.15, 0.2) is 0 Å². The number of ether oxygens (including phenoxy) is 1. The van der Waals surface area contributed by atoms with Crippen LogP contribution in [-0.2, 0) is 6.54 Å². The topological polar surface area (TPSA) is 39.1 Å². The fourth-order valence-corrected chi connectivity index (χ4v) is 3.16. The van der Waals surface area contributed by atoms with Crippen LogP contribution in [0.4, 0.5) is 0 Å². The van der Waals surface area contributed by atoms with Crippen molar-refractivity contribution in [2.75, 3.05) is 13.7 Å². The molecule has 2 aromatic rings.